The van der Waals surface area contributed by atoms with Crippen LogP contribution in [-0.2, 0) is 23.3 Å². The molecule has 7 aromatic rings. The van der Waals surface area contributed by atoms with Gasteiger partial charge in [0.15, 0.2) is 0 Å². The third-order valence-electron chi connectivity index (χ3n) is 6.62. The van der Waals surface area contributed by atoms with Crippen LogP contribution in [0.5, 0.6) is 0 Å². The first-order chi connectivity index (χ1) is 19.5. The van der Waals surface area contributed by atoms with E-state index in [1.807, 2.05) is 18.2 Å². The van der Waals surface area contributed by atoms with Gasteiger partial charge in [-0.15, -0.1) is 63.5 Å². The predicted molar refractivity (Wildman–Crippen MR) is 170 cm³/mol. The quantitative estimate of drug-likeness (QED) is 0.193. The van der Waals surface area contributed by atoms with Crippen molar-refractivity contribution in [3.05, 3.63) is 145 Å². The fourth-order valence-electron chi connectivity index (χ4n) is 4.94. The first-order valence-electron chi connectivity index (χ1n) is 13.5. The van der Waals surface area contributed by atoms with Crippen LogP contribution in [0, 0.1) is 6.92 Å². The summed E-state index contributed by atoms with van der Waals surface area (Å²) in [5.74, 6) is 0.917. The van der Waals surface area contributed by atoms with E-state index in [1.54, 1.807) is 29.6 Å². The number of benzene rings is 4. The van der Waals surface area contributed by atoms with Gasteiger partial charge in [-0.05, 0) is 17.2 Å². The van der Waals surface area contributed by atoms with Crippen LogP contribution >= 0.6 is 0 Å². The molecule has 0 aliphatic carbocycles. The molecule has 0 radical (unpaired) electrons. The molecule has 0 aliphatic heterocycles. The summed E-state index contributed by atoms with van der Waals surface area (Å²) in [6, 6.07) is 46.8. The number of halogens is 2. The predicted octanol–water partition coefficient (Wildman–Crippen LogP) is 4.81. The van der Waals surface area contributed by atoms with Gasteiger partial charge in [0.05, 0.1) is 12.0 Å². The van der Waals surface area contributed by atoms with Crippen molar-refractivity contribution in [3.8, 4) is 33.6 Å². The monoisotopic (exact) mass is 680 g/mol. The van der Waals surface area contributed by atoms with Gasteiger partial charge in [0.2, 0.25) is 0 Å². The van der Waals surface area contributed by atoms with Crippen molar-refractivity contribution in [2.75, 3.05) is 0 Å². The Balaban J connectivity index is 0.000000200. The second-order valence-electron chi connectivity index (χ2n) is 10.1. The van der Waals surface area contributed by atoms with Crippen LogP contribution in [0.15, 0.2) is 144 Å². The van der Waals surface area contributed by atoms with E-state index >= 15 is 0 Å². The Morgan fingerprint density at radius 3 is 1.60 bits per heavy atom. The summed E-state index contributed by atoms with van der Waals surface area (Å²) < 4.78 is 5.49. The van der Waals surface area contributed by atoms with Gasteiger partial charge in [-0.1, -0.05) is 109 Å². The van der Waals surface area contributed by atoms with Crippen LogP contribution in [-0.4, -0.2) is 5.43 Å². The van der Waals surface area contributed by atoms with E-state index in [9.17, 15) is 0 Å². The molecule has 0 saturated carbocycles. The molecule has 0 saturated heterocycles. The minimum atomic E-state index is 0. The summed E-state index contributed by atoms with van der Waals surface area (Å²) in [6.07, 6.45) is 1.71. The van der Waals surface area contributed by atoms with E-state index < -0.39 is 0 Å². The van der Waals surface area contributed by atoms with Crippen LogP contribution in [0.25, 0.3) is 55.1 Å². The molecule has 42 heavy (non-hydrogen) atoms. The van der Waals surface area contributed by atoms with Crippen LogP contribution < -0.4 is 24.8 Å². The molecule has 1 heterocycles. The average molecular weight is 683 g/mol. The first-order valence-corrected chi connectivity index (χ1v) is 19.7. The maximum absolute atomic E-state index is 5.49. The van der Waals surface area contributed by atoms with Crippen molar-refractivity contribution in [2.45, 2.75) is 20.0 Å². The number of rotatable bonds is 3. The molecule has 7 rings (SSSR count). The van der Waals surface area contributed by atoms with Crippen molar-refractivity contribution >= 4 is 27.0 Å². The van der Waals surface area contributed by atoms with Crippen molar-refractivity contribution < 1.29 is 52.6 Å². The van der Waals surface area contributed by atoms with Crippen molar-refractivity contribution in [2.24, 2.45) is 0 Å². The van der Waals surface area contributed by atoms with E-state index in [1.165, 1.54) is 49.4 Å². The fourth-order valence-corrected chi connectivity index (χ4v) is 4.94. The van der Waals surface area contributed by atoms with Crippen LogP contribution in [0.2, 0.25) is 13.1 Å². The molecular weight excluding hydrogens is 651 g/mol. The van der Waals surface area contributed by atoms with Crippen molar-refractivity contribution in [1.29, 1.82) is 0 Å². The minimum Gasteiger partial charge on any atom is -1.00 e. The van der Waals surface area contributed by atoms with E-state index in [0.717, 1.165) is 11.3 Å². The molecule has 5 heteroatoms. The molecule has 0 fully saturated rings. The molecular formula is C37H32Cl2OSiZr-2. The molecule has 0 bridgehead atoms. The summed E-state index contributed by atoms with van der Waals surface area (Å²) in [5, 5.41) is 5.20. The molecule has 0 spiro atoms. The minimum absolute atomic E-state index is 0. The second-order valence-corrected chi connectivity index (χ2v) is 19.5. The summed E-state index contributed by atoms with van der Waals surface area (Å²) in [6.45, 7) is 6.76. The Kier molecular flexibility index (Phi) is 12.8. The zero-order valence-electron chi connectivity index (χ0n) is 23.9. The SMILES string of the molecule is C[Si](C)=[Zr+2].Cc1cc2c(-c3ccccc3)cccc2[cH-]1.[Cl-].[Cl-].c1ccc(-c2cccc3[cH-]c(-c4ccco4)cc23)cc1. The van der Waals surface area contributed by atoms with E-state index in [0.29, 0.717) is 0 Å². The molecule has 0 unspecified atom stereocenters. The number of hydrogen-bond donors (Lipinski definition) is 0. The molecule has 210 valence electrons. The zero-order valence-corrected chi connectivity index (χ0v) is 28.9. The summed E-state index contributed by atoms with van der Waals surface area (Å²) in [7, 11) is 0. The molecule has 0 atom stereocenters. The van der Waals surface area contributed by atoms with Gasteiger partial charge in [0.1, 0.15) is 0 Å². The molecule has 0 aliphatic rings. The zero-order chi connectivity index (χ0) is 27.9. The molecule has 1 nitrogen and oxygen atoms in total. The second kappa shape index (κ2) is 16.1. The fraction of sp³-hybridized carbons (Fsp3) is 0.0811. The average Bonchev–Trinajstić information content (AvgIpc) is 3.72. The Labute approximate surface area is 276 Å². The summed E-state index contributed by atoms with van der Waals surface area (Å²) in [5.41, 5.74) is 7.80. The van der Waals surface area contributed by atoms with Gasteiger partial charge in [0, 0.05) is 0 Å². The van der Waals surface area contributed by atoms with Gasteiger partial charge in [-0.2, -0.15) is 6.07 Å². The summed E-state index contributed by atoms with van der Waals surface area (Å²) in [4.78, 5) is 0. The number of hydrogen-bond acceptors (Lipinski definition) is 1. The Morgan fingerprint density at radius 2 is 1.10 bits per heavy atom. The smallest absolute Gasteiger partial charge is 0.0796 e. The van der Waals surface area contributed by atoms with Crippen LogP contribution in [0.4, 0.5) is 0 Å². The Hall–Kier alpha value is -2.94. The van der Waals surface area contributed by atoms with Gasteiger partial charge in [-0.25, -0.2) is 0 Å². The number of fused-ring (bicyclic) bond motifs is 2. The van der Waals surface area contributed by atoms with E-state index in [4.69, 9.17) is 4.42 Å². The van der Waals surface area contributed by atoms with Gasteiger partial charge < -0.3 is 29.2 Å². The van der Waals surface area contributed by atoms with Gasteiger partial charge in [-0.3, -0.25) is 0 Å². The summed E-state index contributed by atoms with van der Waals surface area (Å²) >= 11 is 1.74. The molecule has 6 aromatic carbocycles. The van der Waals surface area contributed by atoms with Crippen LogP contribution in [0.3, 0.4) is 0 Å². The molecule has 1 aromatic heterocycles. The van der Waals surface area contributed by atoms with Crippen LogP contribution in [0.1, 0.15) is 5.56 Å². The topological polar surface area (TPSA) is 13.1 Å². The number of furan rings is 1. The Bertz CT molecular complexity index is 1830. The van der Waals surface area contributed by atoms with Crippen molar-refractivity contribution in [3.63, 3.8) is 0 Å². The Morgan fingerprint density at radius 1 is 0.595 bits per heavy atom. The standard InChI is InChI=1S/C19H13O.C16H13.C2H6Si.2ClH.Zr/c1-2-6-14(7-3-1)17-9-4-8-15-12-16(13-18(15)17)19-10-5-11-20-19;1-12-10-14-8-5-9-15(16(14)11-12)13-6-3-2-4-7-13;1-3-2;;;/h1-13H;2-11H,1H3;1-2H3;2*1H;/q2*-1;;;;+2/p-2. The third-order valence-corrected chi connectivity index (χ3v) is 6.62. The largest absolute Gasteiger partial charge is 1.00 e. The van der Waals surface area contributed by atoms with Gasteiger partial charge in [0.25, 0.3) is 0 Å². The van der Waals surface area contributed by atoms with E-state index in [2.05, 4.69) is 135 Å². The maximum Gasteiger partial charge on any atom is 0.0796 e. The van der Waals surface area contributed by atoms with Gasteiger partial charge >= 0.3 is 41.9 Å². The molecule has 0 N–H and O–H groups in total. The van der Waals surface area contributed by atoms with Crippen molar-refractivity contribution in [1.82, 2.24) is 0 Å². The van der Waals surface area contributed by atoms with E-state index in [-0.39, 0.29) is 30.2 Å². The number of aryl methyl sites for hydroxylation is 1. The maximum atomic E-state index is 5.49. The first kappa shape index (κ1) is 33.6. The third kappa shape index (κ3) is 8.33. The normalized spacial score (nSPS) is 10.0. The molecule has 0 amide bonds.